The highest BCUT2D eigenvalue weighted by atomic mass is 19.1. The van der Waals surface area contributed by atoms with Crippen molar-refractivity contribution >= 4 is 17.6 Å². The zero-order valence-corrected chi connectivity index (χ0v) is 15.1. The van der Waals surface area contributed by atoms with E-state index in [1.807, 2.05) is 12.1 Å². The van der Waals surface area contributed by atoms with E-state index >= 15 is 0 Å². The van der Waals surface area contributed by atoms with Crippen molar-refractivity contribution in [1.82, 2.24) is 5.32 Å². The van der Waals surface area contributed by atoms with Crippen LogP contribution in [0.1, 0.15) is 15.9 Å². The number of hydrogen-bond acceptors (Lipinski definition) is 6. The fourth-order valence-electron chi connectivity index (χ4n) is 2.36. The number of methoxy groups -OCH3 is 2. The summed E-state index contributed by atoms with van der Waals surface area (Å²) in [5, 5.41) is 2.65. The van der Waals surface area contributed by atoms with E-state index in [0.29, 0.717) is 24.5 Å². The molecular formula is C19H21FN2O5. The fourth-order valence-corrected chi connectivity index (χ4v) is 2.36. The van der Waals surface area contributed by atoms with Gasteiger partial charge in [0.05, 0.1) is 19.8 Å². The Balaban J connectivity index is 1.78. The van der Waals surface area contributed by atoms with E-state index in [1.165, 1.54) is 6.07 Å². The molecule has 0 bridgehead atoms. The van der Waals surface area contributed by atoms with Crippen molar-refractivity contribution in [2.24, 2.45) is 0 Å². The number of amides is 1. The van der Waals surface area contributed by atoms with Crippen molar-refractivity contribution in [3.8, 4) is 11.5 Å². The van der Waals surface area contributed by atoms with Crippen LogP contribution in [0.25, 0.3) is 0 Å². The lowest BCUT2D eigenvalue weighted by Gasteiger charge is -2.10. The van der Waals surface area contributed by atoms with Gasteiger partial charge in [-0.3, -0.25) is 4.79 Å². The van der Waals surface area contributed by atoms with Gasteiger partial charge in [0, 0.05) is 12.2 Å². The second-order valence-electron chi connectivity index (χ2n) is 5.60. The van der Waals surface area contributed by atoms with E-state index in [0.717, 1.165) is 17.7 Å². The molecule has 1 amide bonds. The van der Waals surface area contributed by atoms with Crippen LogP contribution < -0.4 is 20.5 Å². The molecule has 144 valence electrons. The number of hydrogen-bond donors (Lipinski definition) is 2. The Labute approximate surface area is 156 Å². The summed E-state index contributed by atoms with van der Waals surface area (Å²) in [4.78, 5) is 23.7. The summed E-state index contributed by atoms with van der Waals surface area (Å²) in [6, 6.07) is 8.79. The Kier molecular flexibility index (Phi) is 6.99. The first-order chi connectivity index (χ1) is 12.9. The number of ether oxygens (including phenoxy) is 3. The summed E-state index contributed by atoms with van der Waals surface area (Å²) in [5.74, 6) is -0.576. The molecule has 0 heterocycles. The number of halogens is 1. The lowest BCUT2D eigenvalue weighted by molar-refractivity contribution is -0.124. The second-order valence-corrected chi connectivity index (χ2v) is 5.60. The highest BCUT2D eigenvalue weighted by Gasteiger charge is 2.14. The highest BCUT2D eigenvalue weighted by molar-refractivity contribution is 5.96. The molecule has 0 fully saturated rings. The predicted octanol–water partition coefficient (Wildman–Crippen LogP) is 1.94. The van der Waals surface area contributed by atoms with Crippen molar-refractivity contribution in [3.63, 3.8) is 0 Å². The molecule has 7 nitrogen and oxygen atoms in total. The maximum Gasteiger partial charge on any atom is 0.340 e. The molecule has 27 heavy (non-hydrogen) atoms. The van der Waals surface area contributed by atoms with Crippen molar-refractivity contribution in [2.75, 3.05) is 33.1 Å². The van der Waals surface area contributed by atoms with Gasteiger partial charge in [0.15, 0.2) is 18.1 Å². The number of benzene rings is 2. The van der Waals surface area contributed by atoms with Gasteiger partial charge in [-0.15, -0.1) is 0 Å². The fraction of sp³-hybridized carbons (Fsp3) is 0.263. The molecule has 0 aliphatic heterocycles. The van der Waals surface area contributed by atoms with E-state index in [4.69, 9.17) is 19.9 Å². The lowest BCUT2D eigenvalue weighted by Crippen LogP contribution is -2.30. The molecule has 2 aromatic rings. The van der Waals surface area contributed by atoms with E-state index < -0.39 is 24.3 Å². The maximum absolute atomic E-state index is 13.0. The number of rotatable bonds is 8. The Morgan fingerprint density at radius 2 is 1.81 bits per heavy atom. The number of esters is 1. The summed E-state index contributed by atoms with van der Waals surface area (Å²) in [5.41, 5.74) is 6.47. The molecule has 2 rings (SSSR count). The molecule has 0 aromatic heterocycles. The minimum absolute atomic E-state index is 0.00882. The van der Waals surface area contributed by atoms with Crippen LogP contribution in [0.3, 0.4) is 0 Å². The smallest absolute Gasteiger partial charge is 0.340 e. The van der Waals surface area contributed by atoms with Crippen LogP contribution in [0.15, 0.2) is 36.4 Å². The molecule has 0 saturated carbocycles. The van der Waals surface area contributed by atoms with Crippen LogP contribution in [0, 0.1) is 5.82 Å². The normalized spacial score (nSPS) is 10.2. The second kappa shape index (κ2) is 9.42. The number of nitrogens with one attached hydrogen (secondary N) is 1. The third-order valence-electron chi connectivity index (χ3n) is 3.75. The van der Waals surface area contributed by atoms with Gasteiger partial charge in [0.25, 0.3) is 5.91 Å². The number of carbonyl (C=O) groups is 2. The topological polar surface area (TPSA) is 99.9 Å². The molecule has 8 heteroatoms. The van der Waals surface area contributed by atoms with Crippen molar-refractivity contribution in [3.05, 3.63) is 53.3 Å². The number of anilines is 1. The quantitative estimate of drug-likeness (QED) is 0.540. The van der Waals surface area contributed by atoms with Gasteiger partial charge in [-0.05, 0) is 42.3 Å². The first kappa shape index (κ1) is 20.0. The molecule has 0 radical (unpaired) electrons. The van der Waals surface area contributed by atoms with E-state index in [1.54, 1.807) is 20.3 Å². The van der Waals surface area contributed by atoms with Crippen molar-refractivity contribution < 1.29 is 28.2 Å². The Hall–Kier alpha value is -3.29. The van der Waals surface area contributed by atoms with E-state index in [-0.39, 0.29) is 11.3 Å². The highest BCUT2D eigenvalue weighted by Crippen LogP contribution is 2.27. The first-order valence-electron chi connectivity index (χ1n) is 8.14. The van der Waals surface area contributed by atoms with Crippen LogP contribution in [-0.4, -0.2) is 39.2 Å². The van der Waals surface area contributed by atoms with Gasteiger partial charge in [-0.1, -0.05) is 6.07 Å². The van der Waals surface area contributed by atoms with Crippen LogP contribution in [0.5, 0.6) is 11.5 Å². The summed E-state index contributed by atoms with van der Waals surface area (Å²) in [6.07, 6.45) is 0.560. The SMILES string of the molecule is COc1ccc(CCNC(=O)COC(=O)c2ccc(F)cc2N)cc1OC. The standard InChI is InChI=1S/C19H21FN2O5/c1-25-16-6-3-12(9-17(16)26-2)7-8-22-18(23)11-27-19(24)14-5-4-13(20)10-15(14)21/h3-6,9-10H,7-8,11,21H2,1-2H3,(H,22,23). The zero-order chi connectivity index (χ0) is 19.8. The molecule has 0 atom stereocenters. The lowest BCUT2D eigenvalue weighted by atomic mass is 10.1. The first-order valence-corrected chi connectivity index (χ1v) is 8.14. The molecule has 2 aromatic carbocycles. The molecule has 3 N–H and O–H groups in total. The number of nitrogen functional groups attached to an aromatic ring is 1. The Morgan fingerprint density at radius 1 is 1.07 bits per heavy atom. The van der Waals surface area contributed by atoms with E-state index in [2.05, 4.69) is 5.32 Å². The predicted molar refractivity (Wildman–Crippen MR) is 97.4 cm³/mol. The molecule has 0 aliphatic rings. The van der Waals surface area contributed by atoms with Gasteiger partial charge < -0.3 is 25.3 Å². The number of nitrogens with two attached hydrogens (primary N) is 1. The van der Waals surface area contributed by atoms with Gasteiger partial charge in [0.2, 0.25) is 0 Å². The minimum Gasteiger partial charge on any atom is -0.493 e. The Morgan fingerprint density at radius 3 is 2.48 bits per heavy atom. The minimum atomic E-state index is -0.789. The van der Waals surface area contributed by atoms with Gasteiger partial charge in [0.1, 0.15) is 5.82 Å². The summed E-state index contributed by atoms with van der Waals surface area (Å²) >= 11 is 0. The third-order valence-corrected chi connectivity index (χ3v) is 3.75. The van der Waals surface area contributed by atoms with Crippen LogP contribution in [0.4, 0.5) is 10.1 Å². The molecule has 0 saturated heterocycles. The van der Waals surface area contributed by atoms with Crippen LogP contribution in [0.2, 0.25) is 0 Å². The van der Waals surface area contributed by atoms with Gasteiger partial charge in [-0.2, -0.15) is 0 Å². The molecule has 0 spiro atoms. The zero-order valence-electron chi connectivity index (χ0n) is 15.1. The van der Waals surface area contributed by atoms with E-state index in [9.17, 15) is 14.0 Å². The average molecular weight is 376 g/mol. The third kappa shape index (κ3) is 5.60. The molecule has 0 unspecified atom stereocenters. The van der Waals surface area contributed by atoms with Gasteiger partial charge in [-0.25, -0.2) is 9.18 Å². The average Bonchev–Trinajstić information content (AvgIpc) is 2.66. The van der Waals surface area contributed by atoms with Crippen LogP contribution >= 0.6 is 0 Å². The number of carbonyl (C=O) groups excluding carboxylic acids is 2. The summed E-state index contributed by atoms with van der Waals surface area (Å²) in [7, 11) is 3.10. The van der Waals surface area contributed by atoms with Crippen molar-refractivity contribution in [2.45, 2.75) is 6.42 Å². The Bertz CT molecular complexity index is 826. The summed E-state index contributed by atoms with van der Waals surface area (Å²) in [6.45, 7) is -0.105. The summed E-state index contributed by atoms with van der Waals surface area (Å²) < 4.78 is 28.3. The van der Waals surface area contributed by atoms with Crippen LogP contribution in [-0.2, 0) is 16.0 Å². The largest absolute Gasteiger partial charge is 0.493 e. The molecule has 0 aliphatic carbocycles. The van der Waals surface area contributed by atoms with Crippen molar-refractivity contribution in [1.29, 1.82) is 0 Å². The maximum atomic E-state index is 13.0. The molecular weight excluding hydrogens is 355 g/mol. The monoisotopic (exact) mass is 376 g/mol. The van der Waals surface area contributed by atoms with Gasteiger partial charge >= 0.3 is 5.97 Å².